The molecule has 0 radical (unpaired) electrons. The molecule has 9 heteroatoms. The molecule has 2 aromatic rings. The standard InChI is InChI=1S/C27H26ClNO6S/c1-2-34-24-15-16(9-14-23(24)35-36(32,33)18-12-10-17(28)11-13-18)25-26-19(5-3-7-21(26)30)29-20-6-4-8-22(31)27(20)25/h9-15,25,29H,2-8H2,1H3. The van der Waals surface area contributed by atoms with Crippen LogP contribution >= 0.6 is 11.6 Å². The molecule has 0 unspecified atom stereocenters. The lowest BCUT2D eigenvalue weighted by atomic mass is 9.71. The molecule has 1 heterocycles. The molecule has 0 aromatic heterocycles. The zero-order chi connectivity index (χ0) is 25.4. The number of carbonyl (C=O) groups is 2. The average Bonchev–Trinajstić information content (AvgIpc) is 2.84. The SMILES string of the molecule is CCOc1cc(C2C3=C(CCCC3=O)NC3=C2C(=O)CCC3)ccc1OS(=O)(=O)c1ccc(Cl)cc1. The molecule has 1 aliphatic heterocycles. The van der Waals surface area contributed by atoms with Crippen molar-refractivity contribution in [3.63, 3.8) is 0 Å². The Morgan fingerprint density at radius 2 is 1.50 bits per heavy atom. The number of rotatable bonds is 6. The molecule has 7 nitrogen and oxygen atoms in total. The van der Waals surface area contributed by atoms with Gasteiger partial charge < -0.3 is 14.2 Å². The van der Waals surface area contributed by atoms with Crippen molar-refractivity contribution >= 4 is 33.3 Å². The van der Waals surface area contributed by atoms with Gasteiger partial charge in [0.25, 0.3) is 0 Å². The highest BCUT2D eigenvalue weighted by molar-refractivity contribution is 7.87. The Bertz CT molecular complexity index is 1370. The van der Waals surface area contributed by atoms with E-state index >= 15 is 0 Å². The number of hydrogen-bond acceptors (Lipinski definition) is 7. The van der Waals surface area contributed by atoms with Gasteiger partial charge in [0.2, 0.25) is 0 Å². The summed E-state index contributed by atoms with van der Waals surface area (Å²) in [6.07, 6.45) is 3.92. The molecule has 36 heavy (non-hydrogen) atoms. The highest BCUT2D eigenvalue weighted by atomic mass is 35.5. The van der Waals surface area contributed by atoms with Crippen molar-refractivity contribution in [1.29, 1.82) is 0 Å². The molecular formula is C27H26ClNO6S. The van der Waals surface area contributed by atoms with Gasteiger partial charge in [-0.15, -0.1) is 0 Å². The smallest absolute Gasteiger partial charge is 0.339 e. The van der Waals surface area contributed by atoms with Gasteiger partial charge in [0, 0.05) is 46.3 Å². The van der Waals surface area contributed by atoms with Crippen LogP contribution in [0.5, 0.6) is 11.5 Å². The van der Waals surface area contributed by atoms with E-state index in [0.717, 1.165) is 37.1 Å². The van der Waals surface area contributed by atoms with E-state index in [4.69, 9.17) is 20.5 Å². The van der Waals surface area contributed by atoms with Crippen molar-refractivity contribution in [3.05, 3.63) is 75.6 Å². The fraction of sp³-hybridized carbons (Fsp3) is 0.333. The second-order valence-electron chi connectivity index (χ2n) is 9.03. The van der Waals surface area contributed by atoms with E-state index in [1.165, 1.54) is 30.3 Å². The molecule has 3 aliphatic rings. The van der Waals surface area contributed by atoms with Gasteiger partial charge in [-0.1, -0.05) is 17.7 Å². The van der Waals surface area contributed by atoms with Crippen molar-refractivity contribution in [3.8, 4) is 11.5 Å². The molecule has 0 amide bonds. The van der Waals surface area contributed by atoms with Crippen molar-refractivity contribution in [2.45, 2.75) is 56.3 Å². The maximum atomic E-state index is 13.1. The molecule has 188 valence electrons. The summed E-state index contributed by atoms with van der Waals surface area (Å²) >= 11 is 5.88. The van der Waals surface area contributed by atoms with Crippen LogP contribution in [-0.4, -0.2) is 26.6 Å². The molecule has 0 atom stereocenters. The van der Waals surface area contributed by atoms with Crippen LogP contribution in [-0.2, 0) is 19.7 Å². The van der Waals surface area contributed by atoms with Crippen molar-refractivity contribution in [2.24, 2.45) is 0 Å². The lowest BCUT2D eigenvalue weighted by Crippen LogP contribution is -2.36. The van der Waals surface area contributed by atoms with E-state index in [0.29, 0.717) is 34.6 Å². The van der Waals surface area contributed by atoms with Crippen LogP contribution in [0.15, 0.2) is 69.9 Å². The van der Waals surface area contributed by atoms with Gasteiger partial charge in [-0.3, -0.25) is 9.59 Å². The Balaban J connectivity index is 1.58. The van der Waals surface area contributed by atoms with Gasteiger partial charge in [0.15, 0.2) is 23.1 Å². The van der Waals surface area contributed by atoms with Crippen LogP contribution in [0.4, 0.5) is 0 Å². The maximum absolute atomic E-state index is 13.1. The van der Waals surface area contributed by atoms with Crippen LogP contribution in [0, 0.1) is 0 Å². The predicted molar refractivity (Wildman–Crippen MR) is 135 cm³/mol. The first kappa shape index (κ1) is 24.6. The minimum Gasteiger partial charge on any atom is -0.490 e. The predicted octanol–water partition coefficient (Wildman–Crippen LogP) is 5.21. The molecule has 0 fully saturated rings. The first-order valence-electron chi connectivity index (χ1n) is 12.0. The average molecular weight is 528 g/mol. The van der Waals surface area contributed by atoms with Gasteiger partial charge >= 0.3 is 10.1 Å². The molecule has 0 spiro atoms. The summed E-state index contributed by atoms with van der Waals surface area (Å²) in [5, 5.41) is 3.80. The fourth-order valence-corrected chi connectivity index (χ4v) is 6.19. The molecule has 5 rings (SSSR count). The summed E-state index contributed by atoms with van der Waals surface area (Å²) in [6, 6.07) is 10.6. The van der Waals surface area contributed by atoms with Gasteiger partial charge in [0.05, 0.1) is 6.61 Å². The molecule has 2 aliphatic carbocycles. The Morgan fingerprint density at radius 1 is 0.889 bits per heavy atom. The molecule has 2 aromatic carbocycles. The summed E-state index contributed by atoms with van der Waals surface area (Å²) in [5.74, 6) is -0.206. The van der Waals surface area contributed by atoms with E-state index < -0.39 is 16.0 Å². The van der Waals surface area contributed by atoms with Crippen LogP contribution < -0.4 is 14.2 Å². The second-order valence-corrected chi connectivity index (χ2v) is 11.0. The monoisotopic (exact) mass is 527 g/mol. The number of carbonyl (C=O) groups excluding carboxylic acids is 2. The van der Waals surface area contributed by atoms with Crippen molar-refractivity contribution in [1.82, 2.24) is 5.32 Å². The quantitative estimate of drug-likeness (QED) is 0.515. The third-order valence-electron chi connectivity index (χ3n) is 6.69. The number of Topliss-reactive ketones (excluding diaryl/α,β-unsaturated/α-hetero) is 2. The van der Waals surface area contributed by atoms with E-state index in [1.54, 1.807) is 19.1 Å². The minimum absolute atomic E-state index is 0.0258. The van der Waals surface area contributed by atoms with Crippen LogP contribution in [0.25, 0.3) is 0 Å². The Labute approximate surface area is 215 Å². The topological polar surface area (TPSA) is 98.8 Å². The lowest BCUT2D eigenvalue weighted by molar-refractivity contribution is -0.117. The zero-order valence-electron chi connectivity index (χ0n) is 19.8. The Morgan fingerprint density at radius 3 is 2.08 bits per heavy atom. The second kappa shape index (κ2) is 9.75. The van der Waals surface area contributed by atoms with Gasteiger partial charge in [-0.2, -0.15) is 8.42 Å². The lowest BCUT2D eigenvalue weighted by Gasteiger charge is -2.37. The molecule has 1 N–H and O–H groups in total. The number of halogens is 1. The summed E-state index contributed by atoms with van der Waals surface area (Å²) in [4.78, 5) is 26.1. The molecule has 0 saturated carbocycles. The molecule has 0 saturated heterocycles. The van der Waals surface area contributed by atoms with Crippen LogP contribution in [0.1, 0.15) is 56.9 Å². The van der Waals surface area contributed by atoms with Gasteiger partial charge in [0.1, 0.15) is 4.90 Å². The van der Waals surface area contributed by atoms with Gasteiger partial charge in [-0.25, -0.2) is 0 Å². The number of ketones is 2. The summed E-state index contributed by atoms with van der Waals surface area (Å²) < 4.78 is 37.0. The largest absolute Gasteiger partial charge is 0.490 e. The van der Waals surface area contributed by atoms with E-state index in [9.17, 15) is 18.0 Å². The van der Waals surface area contributed by atoms with Crippen LogP contribution in [0.2, 0.25) is 5.02 Å². The van der Waals surface area contributed by atoms with E-state index in [-0.39, 0.29) is 34.6 Å². The third kappa shape index (κ3) is 4.55. The zero-order valence-corrected chi connectivity index (χ0v) is 21.4. The summed E-state index contributed by atoms with van der Waals surface area (Å²) in [6.45, 7) is 2.05. The molecular weight excluding hydrogens is 502 g/mol. The number of benzene rings is 2. The number of allylic oxidation sites excluding steroid dienone is 4. The number of hydrogen-bond donors (Lipinski definition) is 1. The third-order valence-corrected chi connectivity index (χ3v) is 8.19. The van der Waals surface area contributed by atoms with Gasteiger partial charge in [-0.05, 0) is 74.6 Å². The summed E-state index contributed by atoms with van der Waals surface area (Å²) in [5.41, 5.74) is 3.71. The summed E-state index contributed by atoms with van der Waals surface area (Å²) in [7, 11) is -4.14. The van der Waals surface area contributed by atoms with Crippen LogP contribution in [0.3, 0.4) is 0 Å². The van der Waals surface area contributed by atoms with Crippen molar-refractivity contribution < 1.29 is 26.9 Å². The maximum Gasteiger partial charge on any atom is 0.339 e. The highest BCUT2D eigenvalue weighted by Crippen LogP contribution is 2.46. The number of dihydropyridines is 1. The number of ether oxygens (including phenoxy) is 1. The van der Waals surface area contributed by atoms with E-state index in [1.807, 2.05) is 0 Å². The first-order valence-corrected chi connectivity index (χ1v) is 13.8. The van der Waals surface area contributed by atoms with E-state index in [2.05, 4.69) is 5.32 Å². The minimum atomic E-state index is -4.14. The number of nitrogens with one attached hydrogen (secondary N) is 1. The Kier molecular flexibility index (Phi) is 6.66. The molecule has 0 bridgehead atoms. The highest BCUT2D eigenvalue weighted by Gasteiger charge is 2.40. The normalized spacial score (nSPS) is 18.5. The first-order chi connectivity index (χ1) is 17.3. The fourth-order valence-electron chi connectivity index (χ4n) is 5.13. The van der Waals surface area contributed by atoms with Crippen molar-refractivity contribution in [2.75, 3.05) is 6.61 Å². The Hall–Kier alpha value is -3.10.